The Morgan fingerprint density at radius 2 is 1.91 bits per heavy atom. The molecule has 2 aromatic carbocycles. The topological polar surface area (TPSA) is 52.0 Å². The van der Waals surface area contributed by atoms with Crippen LogP contribution < -0.4 is 5.56 Å². The van der Waals surface area contributed by atoms with Gasteiger partial charge < -0.3 is 0 Å². The summed E-state index contributed by atoms with van der Waals surface area (Å²) in [6.45, 7) is -0.139. The minimum absolute atomic E-state index is 0.139. The lowest BCUT2D eigenvalue weighted by atomic mass is 10.1. The van der Waals surface area contributed by atoms with Gasteiger partial charge in [-0.05, 0) is 42.5 Å². The molecule has 22 heavy (non-hydrogen) atoms. The summed E-state index contributed by atoms with van der Waals surface area (Å²) in [6.07, 6.45) is 1.35. The van der Waals surface area contributed by atoms with Crippen LogP contribution in [-0.2, 0) is 6.54 Å². The van der Waals surface area contributed by atoms with E-state index < -0.39 is 5.82 Å². The molecule has 4 nitrogen and oxygen atoms in total. The minimum Gasteiger partial charge on any atom is -0.292 e. The van der Waals surface area contributed by atoms with E-state index in [0.29, 0.717) is 16.5 Å². The molecule has 0 fully saturated rings. The van der Waals surface area contributed by atoms with Crippen molar-refractivity contribution in [2.75, 3.05) is 0 Å². The number of hydrogen-bond donors (Lipinski definition) is 0. The Bertz CT molecular complexity index is 920. The highest BCUT2D eigenvalue weighted by molar-refractivity contribution is 9.10. The van der Waals surface area contributed by atoms with Crippen molar-refractivity contribution in [2.24, 2.45) is 0 Å². The van der Waals surface area contributed by atoms with Crippen molar-refractivity contribution in [3.8, 4) is 0 Å². The molecule has 0 atom stereocenters. The molecule has 0 unspecified atom stereocenters. The minimum atomic E-state index is -0.411. The van der Waals surface area contributed by atoms with E-state index in [1.54, 1.807) is 18.2 Å². The summed E-state index contributed by atoms with van der Waals surface area (Å²) >= 11 is 3.31. The molecule has 0 saturated carbocycles. The van der Waals surface area contributed by atoms with Crippen molar-refractivity contribution < 1.29 is 9.18 Å². The quantitative estimate of drug-likeness (QED) is 0.674. The molecule has 0 amide bonds. The predicted molar refractivity (Wildman–Crippen MR) is 84.4 cm³/mol. The van der Waals surface area contributed by atoms with E-state index in [9.17, 15) is 14.0 Å². The normalized spacial score (nSPS) is 10.8. The zero-order valence-corrected chi connectivity index (χ0v) is 12.9. The molecule has 1 aromatic heterocycles. The van der Waals surface area contributed by atoms with Crippen LogP contribution in [-0.4, -0.2) is 15.3 Å². The maximum atomic E-state index is 12.9. The Balaban J connectivity index is 1.97. The number of carbonyl (C=O) groups is 1. The van der Waals surface area contributed by atoms with Gasteiger partial charge in [0.1, 0.15) is 5.82 Å². The van der Waals surface area contributed by atoms with Crippen molar-refractivity contribution in [1.82, 2.24) is 9.55 Å². The highest BCUT2D eigenvalue weighted by atomic mass is 79.9. The molecule has 0 aliphatic carbocycles. The van der Waals surface area contributed by atoms with Crippen LogP contribution in [0.4, 0.5) is 4.39 Å². The Hall–Kier alpha value is -2.34. The lowest BCUT2D eigenvalue weighted by Crippen LogP contribution is -2.24. The number of aromatic nitrogens is 2. The first kappa shape index (κ1) is 14.6. The summed E-state index contributed by atoms with van der Waals surface area (Å²) in [5.41, 5.74) is 0.628. The maximum absolute atomic E-state index is 12.9. The first-order valence-electron chi connectivity index (χ1n) is 6.48. The number of nitrogens with zero attached hydrogens (tertiary/aromatic N) is 2. The predicted octanol–water partition coefficient (Wildman–Crippen LogP) is 3.18. The molecule has 0 aliphatic heterocycles. The van der Waals surface area contributed by atoms with E-state index >= 15 is 0 Å². The number of fused-ring (bicyclic) bond motifs is 1. The largest absolute Gasteiger partial charge is 0.292 e. The Morgan fingerprint density at radius 1 is 1.18 bits per heavy atom. The molecular formula is C16H10BrFN2O2. The summed E-state index contributed by atoms with van der Waals surface area (Å²) in [6, 6.07) is 10.4. The zero-order valence-electron chi connectivity index (χ0n) is 11.3. The number of rotatable bonds is 3. The number of Topliss-reactive ketones (excluding diaryl/α,β-unsaturated/α-hetero) is 1. The van der Waals surface area contributed by atoms with Gasteiger partial charge in [-0.1, -0.05) is 15.9 Å². The van der Waals surface area contributed by atoms with E-state index in [1.807, 2.05) is 0 Å². The van der Waals surface area contributed by atoms with Crippen LogP contribution in [0.2, 0.25) is 0 Å². The van der Waals surface area contributed by atoms with Crippen LogP contribution in [0.1, 0.15) is 10.4 Å². The van der Waals surface area contributed by atoms with Gasteiger partial charge in [0.2, 0.25) is 0 Å². The molecule has 6 heteroatoms. The highest BCUT2D eigenvalue weighted by Gasteiger charge is 2.10. The molecule has 0 aliphatic rings. The van der Waals surface area contributed by atoms with Crippen LogP contribution in [0.15, 0.2) is 58.1 Å². The average molecular weight is 361 g/mol. The smallest absolute Gasteiger partial charge is 0.261 e. The standard InChI is InChI=1S/C16H10BrFN2O2/c17-11-3-6-14-13(7-11)16(22)20(9-19-14)8-15(21)10-1-4-12(18)5-2-10/h1-7,9H,8H2. The lowest BCUT2D eigenvalue weighted by Gasteiger charge is -2.06. The number of hydrogen-bond acceptors (Lipinski definition) is 3. The Morgan fingerprint density at radius 3 is 2.64 bits per heavy atom. The molecule has 1 heterocycles. The monoisotopic (exact) mass is 360 g/mol. The third-order valence-electron chi connectivity index (χ3n) is 3.27. The van der Waals surface area contributed by atoms with Crippen molar-refractivity contribution in [3.63, 3.8) is 0 Å². The maximum Gasteiger partial charge on any atom is 0.261 e. The van der Waals surface area contributed by atoms with Gasteiger partial charge in [0.25, 0.3) is 5.56 Å². The van der Waals surface area contributed by atoms with Crippen LogP contribution in [0.3, 0.4) is 0 Å². The van der Waals surface area contributed by atoms with Gasteiger partial charge in [0.05, 0.1) is 23.8 Å². The first-order chi connectivity index (χ1) is 10.5. The van der Waals surface area contributed by atoms with Crippen molar-refractivity contribution in [3.05, 3.63) is 75.0 Å². The van der Waals surface area contributed by atoms with Crippen molar-refractivity contribution in [2.45, 2.75) is 6.54 Å². The summed E-state index contributed by atoms with van der Waals surface area (Å²) < 4.78 is 14.9. The number of ketones is 1. The van der Waals surface area contributed by atoms with Gasteiger partial charge in [0, 0.05) is 10.0 Å². The molecule has 0 radical (unpaired) electrons. The van der Waals surface area contributed by atoms with Crippen molar-refractivity contribution >= 4 is 32.6 Å². The fourth-order valence-corrected chi connectivity index (χ4v) is 2.49. The van der Waals surface area contributed by atoms with E-state index in [1.165, 1.54) is 35.2 Å². The average Bonchev–Trinajstić information content (AvgIpc) is 2.51. The number of carbonyl (C=O) groups excluding carboxylic acids is 1. The van der Waals surface area contributed by atoms with Gasteiger partial charge in [0.15, 0.2) is 5.78 Å². The first-order valence-corrected chi connectivity index (χ1v) is 7.27. The molecule has 0 bridgehead atoms. The molecule has 3 aromatic rings. The summed E-state index contributed by atoms with van der Waals surface area (Å²) in [7, 11) is 0. The summed E-state index contributed by atoms with van der Waals surface area (Å²) in [5, 5.41) is 0.434. The lowest BCUT2D eigenvalue weighted by molar-refractivity contribution is 0.0970. The van der Waals surface area contributed by atoms with Gasteiger partial charge in [-0.2, -0.15) is 0 Å². The van der Waals surface area contributed by atoms with E-state index in [0.717, 1.165) is 4.47 Å². The second kappa shape index (κ2) is 5.81. The van der Waals surface area contributed by atoms with E-state index in [2.05, 4.69) is 20.9 Å². The van der Waals surface area contributed by atoms with E-state index in [4.69, 9.17) is 0 Å². The fourth-order valence-electron chi connectivity index (χ4n) is 2.13. The Kier molecular flexibility index (Phi) is 3.85. The second-order valence-corrected chi connectivity index (χ2v) is 5.68. The van der Waals surface area contributed by atoms with Gasteiger partial charge in [-0.15, -0.1) is 0 Å². The number of benzene rings is 2. The molecule has 3 rings (SSSR count). The summed E-state index contributed by atoms with van der Waals surface area (Å²) in [5.74, 6) is -0.691. The third-order valence-corrected chi connectivity index (χ3v) is 3.76. The molecule has 110 valence electrons. The molecule has 0 saturated heterocycles. The molecule has 0 N–H and O–H groups in total. The van der Waals surface area contributed by atoms with Crippen LogP contribution in [0.5, 0.6) is 0 Å². The molecule has 0 spiro atoms. The SMILES string of the molecule is O=C(Cn1cnc2ccc(Br)cc2c1=O)c1ccc(F)cc1. The van der Waals surface area contributed by atoms with Gasteiger partial charge in [-0.25, -0.2) is 9.37 Å². The summed E-state index contributed by atoms with van der Waals surface area (Å²) in [4.78, 5) is 28.7. The fraction of sp³-hybridized carbons (Fsp3) is 0.0625. The van der Waals surface area contributed by atoms with Crippen molar-refractivity contribution in [1.29, 1.82) is 0 Å². The van der Waals surface area contributed by atoms with E-state index in [-0.39, 0.29) is 17.9 Å². The van der Waals surface area contributed by atoms with Gasteiger partial charge in [-0.3, -0.25) is 14.2 Å². The van der Waals surface area contributed by atoms with Gasteiger partial charge >= 0.3 is 0 Å². The van der Waals surface area contributed by atoms with Crippen LogP contribution in [0.25, 0.3) is 10.9 Å². The highest BCUT2D eigenvalue weighted by Crippen LogP contribution is 2.15. The third kappa shape index (κ3) is 2.82. The molecular weight excluding hydrogens is 351 g/mol. The zero-order chi connectivity index (χ0) is 15.7. The van der Waals surface area contributed by atoms with Crippen LogP contribution >= 0.6 is 15.9 Å². The second-order valence-electron chi connectivity index (χ2n) is 4.77. The van der Waals surface area contributed by atoms with Crippen LogP contribution in [0, 0.1) is 5.82 Å². The Labute approximate surface area is 133 Å². The number of halogens is 2.